The Bertz CT molecular complexity index is 729. The molecule has 0 atom stereocenters. The van der Waals surface area contributed by atoms with Gasteiger partial charge in [0, 0.05) is 5.39 Å². The summed E-state index contributed by atoms with van der Waals surface area (Å²) in [6.45, 7) is 3.14. The maximum atomic E-state index is 12.7. The fourth-order valence-corrected chi connectivity index (χ4v) is 2.14. The van der Waals surface area contributed by atoms with Gasteiger partial charge in [-0.3, -0.25) is 4.79 Å². The number of ketones is 1. The first kappa shape index (κ1) is 14.1. The van der Waals surface area contributed by atoms with Crippen LogP contribution < -0.4 is 0 Å². The van der Waals surface area contributed by atoms with Gasteiger partial charge in [-0.05, 0) is 25.0 Å². The van der Waals surface area contributed by atoms with Gasteiger partial charge < -0.3 is 10.1 Å². The first-order valence-corrected chi connectivity index (χ1v) is 5.61. The first-order chi connectivity index (χ1) is 9.14. The molecule has 0 fully saturated rings. The predicted octanol–water partition coefficient (Wildman–Crippen LogP) is 3.23. The summed E-state index contributed by atoms with van der Waals surface area (Å²) in [5.41, 5.74) is -0.368. The van der Waals surface area contributed by atoms with E-state index in [1.54, 1.807) is 19.1 Å². The minimum absolute atomic E-state index is 0.00438. The highest BCUT2D eigenvalue weighted by Gasteiger charge is 2.43. The van der Waals surface area contributed by atoms with Gasteiger partial charge in [0.2, 0.25) is 0 Å². The number of rotatable bonds is 2. The van der Waals surface area contributed by atoms with Gasteiger partial charge in [-0.15, -0.1) is 0 Å². The summed E-state index contributed by atoms with van der Waals surface area (Å²) >= 11 is 0. The number of Topliss-reactive ketones (excluding diaryl/α,β-unsaturated/α-hetero) is 1. The number of carboxylic acids is 1. The number of alkyl halides is 3. The fourth-order valence-electron chi connectivity index (χ4n) is 2.14. The minimum Gasteiger partial charge on any atom is -0.477 e. The molecule has 0 bridgehead atoms. The van der Waals surface area contributed by atoms with E-state index in [9.17, 15) is 22.8 Å². The number of halogens is 3. The van der Waals surface area contributed by atoms with Gasteiger partial charge in [0.15, 0.2) is 0 Å². The van der Waals surface area contributed by atoms with Gasteiger partial charge in [0.05, 0.1) is 11.1 Å². The number of aromatic amines is 1. The van der Waals surface area contributed by atoms with E-state index in [0.717, 1.165) is 0 Å². The maximum absolute atomic E-state index is 12.7. The second-order valence-corrected chi connectivity index (χ2v) is 4.46. The van der Waals surface area contributed by atoms with Crippen molar-refractivity contribution in [2.45, 2.75) is 20.0 Å². The van der Waals surface area contributed by atoms with Crippen LogP contribution in [0.15, 0.2) is 12.1 Å². The van der Waals surface area contributed by atoms with Crippen LogP contribution in [0.2, 0.25) is 0 Å². The number of aryl methyl sites for hydroxylation is 2. The fraction of sp³-hybridized carbons (Fsp3) is 0.231. The van der Waals surface area contributed by atoms with Crippen molar-refractivity contribution in [3.05, 3.63) is 34.5 Å². The van der Waals surface area contributed by atoms with Crippen LogP contribution in [0, 0.1) is 13.8 Å². The molecule has 106 valence electrons. The Kier molecular flexibility index (Phi) is 3.08. The smallest absolute Gasteiger partial charge is 0.454 e. The van der Waals surface area contributed by atoms with E-state index < -0.39 is 29.2 Å². The van der Waals surface area contributed by atoms with E-state index in [4.69, 9.17) is 5.11 Å². The van der Waals surface area contributed by atoms with Crippen LogP contribution in [0.4, 0.5) is 13.2 Å². The van der Waals surface area contributed by atoms with Crippen molar-refractivity contribution in [1.29, 1.82) is 0 Å². The van der Waals surface area contributed by atoms with Gasteiger partial charge in [-0.1, -0.05) is 12.1 Å². The van der Waals surface area contributed by atoms with Crippen LogP contribution >= 0.6 is 0 Å². The van der Waals surface area contributed by atoms with E-state index >= 15 is 0 Å². The number of carbonyl (C=O) groups is 2. The predicted molar refractivity (Wildman–Crippen MR) is 65.1 cm³/mol. The van der Waals surface area contributed by atoms with E-state index in [1.807, 2.05) is 0 Å². The molecule has 1 aromatic heterocycles. The zero-order valence-electron chi connectivity index (χ0n) is 10.6. The SMILES string of the molecule is Cc1ccc(C)c2c(C(=O)C(F)(F)F)c(C(=O)O)[nH]c12. The Hall–Kier alpha value is -2.31. The third kappa shape index (κ3) is 2.04. The summed E-state index contributed by atoms with van der Waals surface area (Å²) in [5, 5.41) is 9.02. The highest BCUT2D eigenvalue weighted by atomic mass is 19.4. The van der Waals surface area contributed by atoms with Crippen molar-refractivity contribution < 1.29 is 27.9 Å². The van der Waals surface area contributed by atoms with Gasteiger partial charge >= 0.3 is 12.1 Å². The molecule has 0 saturated carbocycles. The molecular formula is C13H10F3NO3. The van der Waals surface area contributed by atoms with Crippen molar-refractivity contribution in [2.75, 3.05) is 0 Å². The largest absolute Gasteiger partial charge is 0.477 e. The number of H-pyrrole nitrogens is 1. The second kappa shape index (κ2) is 4.36. The van der Waals surface area contributed by atoms with Gasteiger partial charge in [0.1, 0.15) is 5.69 Å². The van der Waals surface area contributed by atoms with Crippen LogP contribution in [-0.2, 0) is 0 Å². The van der Waals surface area contributed by atoms with Crippen LogP contribution in [-0.4, -0.2) is 28.0 Å². The van der Waals surface area contributed by atoms with Crippen LogP contribution in [0.1, 0.15) is 32.0 Å². The third-order valence-electron chi connectivity index (χ3n) is 3.07. The van der Waals surface area contributed by atoms with E-state index in [1.165, 1.54) is 6.92 Å². The van der Waals surface area contributed by atoms with Crippen molar-refractivity contribution in [1.82, 2.24) is 4.98 Å². The number of benzene rings is 1. The number of aromatic carboxylic acids is 1. The normalized spacial score (nSPS) is 11.8. The third-order valence-corrected chi connectivity index (χ3v) is 3.07. The van der Waals surface area contributed by atoms with Crippen molar-refractivity contribution in [3.8, 4) is 0 Å². The highest BCUT2D eigenvalue weighted by Crippen LogP contribution is 2.33. The van der Waals surface area contributed by atoms with Gasteiger partial charge in [-0.2, -0.15) is 13.2 Å². The Balaban J connectivity index is 2.93. The summed E-state index contributed by atoms with van der Waals surface area (Å²) in [7, 11) is 0. The van der Waals surface area contributed by atoms with Crippen LogP contribution in [0.5, 0.6) is 0 Å². The number of nitrogens with one attached hydrogen (secondary N) is 1. The lowest BCUT2D eigenvalue weighted by Crippen LogP contribution is -2.24. The molecule has 0 radical (unpaired) electrons. The molecule has 1 aromatic carbocycles. The van der Waals surface area contributed by atoms with Crippen molar-refractivity contribution >= 4 is 22.7 Å². The molecule has 0 aliphatic heterocycles. The van der Waals surface area contributed by atoms with Gasteiger partial charge in [0.25, 0.3) is 5.78 Å². The summed E-state index contributed by atoms with van der Waals surface area (Å²) in [5.74, 6) is -3.76. The summed E-state index contributed by atoms with van der Waals surface area (Å²) in [6.07, 6.45) is -5.13. The molecule has 0 aliphatic rings. The molecule has 7 heteroatoms. The topological polar surface area (TPSA) is 70.2 Å². The maximum Gasteiger partial charge on any atom is 0.454 e. The molecule has 20 heavy (non-hydrogen) atoms. The number of carboxylic acid groups (broad SMARTS) is 1. The average molecular weight is 285 g/mol. The lowest BCUT2D eigenvalue weighted by atomic mass is 10.00. The summed E-state index contributed by atoms with van der Waals surface area (Å²) in [4.78, 5) is 25.0. The number of hydrogen-bond acceptors (Lipinski definition) is 2. The molecule has 0 aliphatic carbocycles. The molecule has 0 unspecified atom stereocenters. The molecule has 1 heterocycles. The number of hydrogen-bond donors (Lipinski definition) is 2. The van der Waals surface area contributed by atoms with E-state index in [-0.39, 0.29) is 10.9 Å². The van der Waals surface area contributed by atoms with Gasteiger partial charge in [-0.25, -0.2) is 4.79 Å². The summed E-state index contributed by atoms with van der Waals surface area (Å²) < 4.78 is 38.0. The minimum atomic E-state index is -5.13. The quantitative estimate of drug-likeness (QED) is 0.832. The Morgan fingerprint density at radius 1 is 1.15 bits per heavy atom. The highest BCUT2D eigenvalue weighted by molar-refractivity contribution is 6.17. The number of fused-ring (bicyclic) bond motifs is 1. The Morgan fingerprint density at radius 2 is 1.70 bits per heavy atom. The molecule has 4 nitrogen and oxygen atoms in total. The molecule has 2 rings (SSSR count). The van der Waals surface area contributed by atoms with Crippen molar-refractivity contribution in [2.24, 2.45) is 0 Å². The van der Waals surface area contributed by atoms with E-state index in [2.05, 4.69) is 4.98 Å². The van der Waals surface area contributed by atoms with E-state index in [0.29, 0.717) is 11.1 Å². The standard InChI is InChI=1S/C13H10F3NO3/c1-5-3-4-6(2)9-7(5)8(10(17-9)12(19)20)11(18)13(14,15)16/h3-4,17H,1-2H3,(H,19,20). The molecule has 0 amide bonds. The lowest BCUT2D eigenvalue weighted by Gasteiger charge is -2.07. The molecular weight excluding hydrogens is 275 g/mol. The zero-order chi connectivity index (χ0) is 15.2. The summed E-state index contributed by atoms with van der Waals surface area (Å²) in [6, 6.07) is 3.19. The number of aromatic nitrogens is 1. The monoisotopic (exact) mass is 285 g/mol. The second-order valence-electron chi connectivity index (χ2n) is 4.46. The number of carbonyl (C=O) groups excluding carboxylic acids is 1. The molecule has 2 aromatic rings. The molecule has 0 spiro atoms. The van der Waals surface area contributed by atoms with Crippen LogP contribution in [0.3, 0.4) is 0 Å². The Labute approximate surface area is 111 Å². The Morgan fingerprint density at radius 3 is 2.20 bits per heavy atom. The van der Waals surface area contributed by atoms with Crippen molar-refractivity contribution in [3.63, 3.8) is 0 Å². The molecule has 0 saturated heterocycles. The van der Waals surface area contributed by atoms with Crippen LogP contribution in [0.25, 0.3) is 10.9 Å². The first-order valence-electron chi connectivity index (χ1n) is 5.61. The zero-order valence-corrected chi connectivity index (χ0v) is 10.6. The average Bonchev–Trinajstić information content (AvgIpc) is 2.73. The lowest BCUT2D eigenvalue weighted by molar-refractivity contribution is -0.0884. The molecule has 2 N–H and O–H groups in total.